The van der Waals surface area contributed by atoms with Crippen LogP contribution in [0.15, 0.2) is 54.7 Å². The molecule has 148 valence electrons. The Morgan fingerprint density at radius 2 is 2.10 bits per heavy atom. The van der Waals surface area contributed by atoms with Crippen LogP contribution in [-0.2, 0) is 11.3 Å². The van der Waals surface area contributed by atoms with Gasteiger partial charge in [-0.15, -0.1) is 5.10 Å². The third-order valence-corrected chi connectivity index (χ3v) is 4.78. The van der Waals surface area contributed by atoms with Crippen molar-refractivity contribution in [2.75, 3.05) is 5.32 Å². The van der Waals surface area contributed by atoms with Gasteiger partial charge in [0, 0.05) is 12.1 Å². The first-order valence-corrected chi connectivity index (χ1v) is 9.42. The summed E-state index contributed by atoms with van der Waals surface area (Å²) in [5.74, 6) is -0.666. The topological polar surface area (TPSA) is 88.9 Å². The van der Waals surface area contributed by atoms with Crippen molar-refractivity contribution in [3.63, 3.8) is 0 Å². The van der Waals surface area contributed by atoms with Gasteiger partial charge < -0.3 is 10.6 Å². The van der Waals surface area contributed by atoms with Crippen molar-refractivity contribution in [2.24, 2.45) is 0 Å². The quantitative estimate of drug-likeness (QED) is 0.697. The second-order valence-electron chi connectivity index (χ2n) is 7.02. The normalized spacial score (nSPS) is 16.3. The Bertz CT molecular complexity index is 1050. The Morgan fingerprint density at radius 1 is 1.24 bits per heavy atom. The van der Waals surface area contributed by atoms with E-state index in [-0.39, 0.29) is 29.4 Å². The summed E-state index contributed by atoms with van der Waals surface area (Å²) in [4.78, 5) is 24.1. The molecule has 0 aliphatic carbocycles. The van der Waals surface area contributed by atoms with Crippen molar-refractivity contribution < 1.29 is 14.0 Å². The Morgan fingerprint density at radius 3 is 2.93 bits per heavy atom. The molecule has 2 amide bonds. The SMILES string of the molecule is O=C1CCCC(c2cccc(NC(=O)c3cn(Cc4cccc(F)c4)nn3)c2)N1. The summed E-state index contributed by atoms with van der Waals surface area (Å²) in [6.45, 7) is 0.314. The molecule has 0 saturated carbocycles. The van der Waals surface area contributed by atoms with E-state index in [1.165, 1.54) is 23.0 Å². The Labute approximate surface area is 166 Å². The molecule has 1 fully saturated rings. The number of halogens is 1. The van der Waals surface area contributed by atoms with Crippen LogP contribution in [0, 0.1) is 5.82 Å². The molecule has 0 spiro atoms. The highest BCUT2D eigenvalue weighted by molar-refractivity contribution is 6.02. The zero-order valence-electron chi connectivity index (χ0n) is 15.6. The lowest BCUT2D eigenvalue weighted by molar-refractivity contribution is -0.123. The molecule has 2 N–H and O–H groups in total. The smallest absolute Gasteiger partial charge is 0.277 e. The van der Waals surface area contributed by atoms with Crippen LogP contribution >= 0.6 is 0 Å². The van der Waals surface area contributed by atoms with E-state index >= 15 is 0 Å². The molecule has 1 atom stereocenters. The van der Waals surface area contributed by atoms with E-state index in [2.05, 4.69) is 20.9 Å². The van der Waals surface area contributed by atoms with Crippen LogP contribution in [0.4, 0.5) is 10.1 Å². The molecule has 1 aromatic heterocycles. The van der Waals surface area contributed by atoms with Gasteiger partial charge in [-0.05, 0) is 48.2 Å². The Balaban J connectivity index is 1.42. The van der Waals surface area contributed by atoms with E-state index in [9.17, 15) is 14.0 Å². The number of amides is 2. The molecule has 1 saturated heterocycles. The van der Waals surface area contributed by atoms with Crippen molar-refractivity contribution in [2.45, 2.75) is 31.8 Å². The summed E-state index contributed by atoms with van der Waals surface area (Å²) in [5.41, 5.74) is 2.46. The van der Waals surface area contributed by atoms with Crippen LogP contribution in [0.3, 0.4) is 0 Å². The molecule has 0 radical (unpaired) electrons. The zero-order chi connectivity index (χ0) is 20.2. The molecule has 1 aliphatic rings. The minimum atomic E-state index is -0.389. The van der Waals surface area contributed by atoms with Crippen molar-refractivity contribution in [1.29, 1.82) is 0 Å². The van der Waals surface area contributed by atoms with Gasteiger partial charge >= 0.3 is 0 Å². The van der Waals surface area contributed by atoms with E-state index < -0.39 is 0 Å². The van der Waals surface area contributed by atoms with Crippen molar-refractivity contribution in [1.82, 2.24) is 20.3 Å². The van der Waals surface area contributed by atoms with Gasteiger partial charge in [0.25, 0.3) is 5.91 Å². The van der Waals surface area contributed by atoms with Crippen LogP contribution in [0.25, 0.3) is 0 Å². The summed E-state index contributed by atoms with van der Waals surface area (Å²) in [7, 11) is 0. The van der Waals surface area contributed by atoms with E-state index in [0.717, 1.165) is 24.0 Å². The summed E-state index contributed by atoms with van der Waals surface area (Å²) < 4.78 is 14.8. The fourth-order valence-electron chi connectivity index (χ4n) is 3.39. The van der Waals surface area contributed by atoms with Gasteiger partial charge in [0.1, 0.15) is 5.82 Å². The summed E-state index contributed by atoms with van der Waals surface area (Å²) in [5, 5.41) is 13.6. The van der Waals surface area contributed by atoms with Crippen molar-refractivity contribution in [3.05, 3.63) is 77.4 Å². The van der Waals surface area contributed by atoms with Gasteiger partial charge in [0.05, 0.1) is 18.8 Å². The van der Waals surface area contributed by atoms with E-state index in [1.807, 2.05) is 18.2 Å². The average Bonchev–Trinajstić information content (AvgIpc) is 3.17. The fraction of sp³-hybridized carbons (Fsp3) is 0.238. The highest BCUT2D eigenvalue weighted by atomic mass is 19.1. The number of rotatable bonds is 5. The number of piperidine rings is 1. The van der Waals surface area contributed by atoms with Crippen LogP contribution in [0.5, 0.6) is 0 Å². The van der Waals surface area contributed by atoms with Gasteiger partial charge in [0.15, 0.2) is 5.69 Å². The first-order valence-electron chi connectivity index (χ1n) is 9.42. The van der Waals surface area contributed by atoms with Crippen LogP contribution in [0.1, 0.15) is 46.9 Å². The molecular weight excluding hydrogens is 373 g/mol. The third kappa shape index (κ3) is 4.66. The number of anilines is 1. The molecule has 29 heavy (non-hydrogen) atoms. The molecule has 1 aliphatic heterocycles. The first kappa shape index (κ1) is 18.8. The molecule has 7 nitrogen and oxygen atoms in total. The zero-order valence-corrected chi connectivity index (χ0v) is 15.6. The lowest BCUT2D eigenvalue weighted by Gasteiger charge is -2.24. The number of hydrogen-bond acceptors (Lipinski definition) is 4. The number of hydrogen-bond donors (Lipinski definition) is 2. The highest BCUT2D eigenvalue weighted by Crippen LogP contribution is 2.25. The largest absolute Gasteiger partial charge is 0.349 e. The standard InChI is InChI=1S/C21H20FN5O2/c22-16-6-1-4-14(10-16)12-27-13-19(25-26-27)21(29)23-17-7-2-5-15(11-17)18-8-3-9-20(28)24-18/h1-2,4-7,10-11,13,18H,3,8-9,12H2,(H,23,29)(H,24,28). The molecule has 8 heteroatoms. The number of nitrogens with one attached hydrogen (secondary N) is 2. The lowest BCUT2D eigenvalue weighted by atomic mass is 9.97. The van der Waals surface area contributed by atoms with Crippen LogP contribution in [0.2, 0.25) is 0 Å². The average molecular weight is 393 g/mol. The number of nitrogens with zero attached hydrogens (tertiary/aromatic N) is 3. The number of aromatic nitrogens is 3. The van der Waals surface area contributed by atoms with Crippen molar-refractivity contribution >= 4 is 17.5 Å². The molecule has 1 unspecified atom stereocenters. The monoisotopic (exact) mass is 393 g/mol. The minimum absolute atomic E-state index is 0.0414. The second kappa shape index (κ2) is 8.22. The van der Waals surface area contributed by atoms with Crippen LogP contribution in [-0.4, -0.2) is 26.8 Å². The summed E-state index contributed by atoms with van der Waals surface area (Å²) >= 11 is 0. The fourth-order valence-corrected chi connectivity index (χ4v) is 3.39. The maximum Gasteiger partial charge on any atom is 0.277 e. The van der Waals surface area contributed by atoms with E-state index in [0.29, 0.717) is 18.7 Å². The van der Waals surface area contributed by atoms with Crippen molar-refractivity contribution in [3.8, 4) is 0 Å². The molecule has 0 bridgehead atoms. The third-order valence-electron chi connectivity index (χ3n) is 4.78. The van der Waals surface area contributed by atoms with Crippen LogP contribution < -0.4 is 10.6 Å². The molecule has 2 aromatic carbocycles. The number of benzene rings is 2. The molecule has 4 rings (SSSR count). The van der Waals surface area contributed by atoms with Gasteiger partial charge in [0.2, 0.25) is 5.91 Å². The predicted molar refractivity (Wildman–Crippen MR) is 105 cm³/mol. The summed E-state index contributed by atoms with van der Waals surface area (Å²) in [6, 6.07) is 13.5. The lowest BCUT2D eigenvalue weighted by Crippen LogP contribution is -2.32. The van der Waals surface area contributed by atoms with Gasteiger partial charge in [-0.1, -0.05) is 29.5 Å². The summed E-state index contributed by atoms with van der Waals surface area (Å²) in [6.07, 6.45) is 3.79. The van der Waals surface area contributed by atoms with E-state index in [1.54, 1.807) is 18.2 Å². The maximum atomic E-state index is 13.3. The Hall–Kier alpha value is -3.55. The molecule has 2 heterocycles. The van der Waals surface area contributed by atoms with Gasteiger partial charge in [-0.2, -0.15) is 0 Å². The molecule has 3 aromatic rings. The first-order chi connectivity index (χ1) is 14.1. The maximum absolute atomic E-state index is 13.3. The Kier molecular flexibility index (Phi) is 5.33. The number of carbonyl (C=O) groups excluding carboxylic acids is 2. The highest BCUT2D eigenvalue weighted by Gasteiger charge is 2.20. The van der Waals surface area contributed by atoms with Gasteiger partial charge in [-0.25, -0.2) is 9.07 Å². The minimum Gasteiger partial charge on any atom is -0.349 e. The van der Waals surface area contributed by atoms with Gasteiger partial charge in [-0.3, -0.25) is 9.59 Å². The van der Waals surface area contributed by atoms with E-state index in [4.69, 9.17) is 0 Å². The number of carbonyl (C=O) groups is 2. The second-order valence-corrected chi connectivity index (χ2v) is 7.02. The molecular formula is C21H20FN5O2. The predicted octanol–water partition coefficient (Wildman–Crippen LogP) is 3.06.